The van der Waals surface area contributed by atoms with Gasteiger partial charge in [0, 0.05) is 16.7 Å². The van der Waals surface area contributed by atoms with Crippen molar-refractivity contribution >= 4 is 33.7 Å². The summed E-state index contributed by atoms with van der Waals surface area (Å²) < 4.78 is 5.93. The lowest BCUT2D eigenvalue weighted by Crippen LogP contribution is -2.10. The van der Waals surface area contributed by atoms with Gasteiger partial charge >= 0.3 is 0 Å². The van der Waals surface area contributed by atoms with Gasteiger partial charge in [-0.05, 0) is 39.0 Å². The van der Waals surface area contributed by atoms with Gasteiger partial charge in [0.1, 0.15) is 17.0 Å². The van der Waals surface area contributed by atoms with E-state index >= 15 is 0 Å². The van der Waals surface area contributed by atoms with Crippen LogP contribution in [0.5, 0.6) is 0 Å². The van der Waals surface area contributed by atoms with Crippen molar-refractivity contribution in [3.63, 3.8) is 0 Å². The van der Waals surface area contributed by atoms with Gasteiger partial charge in [0.2, 0.25) is 11.1 Å². The van der Waals surface area contributed by atoms with Crippen LogP contribution >= 0.6 is 0 Å². The Morgan fingerprint density at radius 2 is 1.49 bits per heavy atom. The highest BCUT2D eigenvalue weighted by Crippen LogP contribution is 2.29. The summed E-state index contributed by atoms with van der Waals surface area (Å²) in [5.41, 5.74) is 9.82. The second-order valence-electron chi connectivity index (χ2n) is 9.28. The normalized spacial score (nSPS) is 11.7. The van der Waals surface area contributed by atoms with Gasteiger partial charge in [0.25, 0.3) is 5.95 Å². The van der Waals surface area contributed by atoms with Gasteiger partial charge in [-0.25, -0.2) is 15.4 Å². The molecule has 0 fully saturated rings. The molecular formula is C31H24N6O2. The van der Waals surface area contributed by atoms with Crippen LogP contribution in [0, 0.1) is 13.8 Å². The van der Waals surface area contributed by atoms with E-state index in [2.05, 4.69) is 25.7 Å². The summed E-state index contributed by atoms with van der Waals surface area (Å²) in [5, 5.41) is 14.2. The number of fused-ring (bicyclic) bond motifs is 2. The lowest BCUT2D eigenvalue weighted by atomic mass is 10.0. The molecule has 3 aromatic heterocycles. The number of nitrogens with zero attached hydrogens (tertiary/aromatic N) is 5. The predicted molar refractivity (Wildman–Crippen MR) is 154 cm³/mol. The Balaban J connectivity index is 1.38. The molecular weight excluding hydrogens is 488 g/mol. The standard InChI is InChI=1S/C31H24N6O2/c1-18-14-15-26-24(16-18)29(38)25-17-23(19(2)32-30(25)39-26)20(3)34-36-31-33-27(21-10-6-4-7-11-21)28(35-37-31)22-12-8-5-9-13-22/h4-17H,1-3H3,(H,33,36,37)/b34-20+. The van der Waals surface area contributed by atoms with Crippen LogP contribution in [-0.2, 0) is 0 Å². The van der Waals surface area contributed by atoms with E-state index in [1.165, 1.54) is 0 Å². The molecule has 0 aliphatic rings. The number of nitrogens with one attached hydrogen (secondary N) is 1. The molecule has 0 aliphatic carbocycles. The van der Waals surface area contributed by atoms with Crippen LogP contribution in [0.2, 0.25) is 0 Å². The number of hydrogen-bond acceptors (Lipinski definition) is 8. The fourth-order valence-corrected chi connectivity index (χ4v) is 4.50. The van der Waals surface area contributed by atoms with Crippen LogP contribution < -0.4 is 10.9 Å². The fraction of sp³-hybridized carbons (Fsp3) is 0.0968. The van der Waals surface area contributed by atoms with Crippen LogP contribution in [0.4, 0.5) is 5.95 Å². The highest BCUT2D eigenvalue weighted by atomic mass is 16.3. The number of hydrazone groups is 1. The Hall–Kier alpha value is -5.24. The third kappa shape index (κ3) is 4.64. The van der Waals surface area contributed by atoms with Crippen molar-refractivity contribution in [1.29, 1.82) is 0 Å². The van der Waals surface area contributed by atoms with Crippen molar-refractivity contribution in [3.05, 3.63) is 112 Å². The third-order valence-corrected chi connectivity index (χ3v) is 6.50. The van der Waals surface area contributed by atoms with Gasteiger partial charge in [0.05, 0.1) is 22.2 Å². The molecule has 8 nitrogen and oxygen atoms in total. The van der Waals surface area contributed by atoms with E-state index in [-0.39, 0.29) is 11.4 Å². The minimum atomic E-state index is -0.124. The zero-order chi connectivity index (χ0) is 26.9. The average molecular weight is 513 g/mol. The molecule has 0 amide bonds. The molecule has 1 N–H and O–H groups in total. The number of aryl methyl sites for hydroxylation is 2. The summed E-state index contributed by atoms with van der Waals surface area (Å²) in [7, 11) is 0. The molecule has 0 spiro atoms. The van der Waals surface area contributed by atoms with Gasteiger partial charge < -0.3 is 4.42 Å². The molecule has 0 saturated carbocycles. The van der Waals surface area contributed by atoms with Gasteiger partial charge in [-0.2, -0.15) is 5.10 Å². The van der Waals surface area contributed by atoms with Crippen LogP contribution in [0.15, 0.2) is 99.2 Å². The monoisotopic (exact) mass is 512 g/mol. The second kappa shape index (κ2) is 9.90. The molecule has 0 atom stereocenters. The third-order valence-electron chi connectivity index (χ3n) is 6.50. The Morgan fingerprint density at radius 3 is 2.21 bits per heavy atom. The first kappa shape index (κ1) is 24.1. The number of benzene rings is 3. The van der Waals surface area contributed by atoms with E-state index in [0.29, 0.717) is 50.4 Å². The van der Waals surface area contributed by atoms with E-state index < -0.39 is 0 Å². The Bertz CT molecular complexity index is 1930. The molecule has 0 bridgehead atoms. The highest BCUT2D eigenvalue weighted by molar-refractivity contribution is 6.02. The first-order valence-electron chi connectivity index (χ1n) is 12.5. The first-order chi connectivity index (χ1) is 19.0. The highest BCUT2D eigenvalue weighted by Gasteiger charge is 2.15. The minimum Gasteiger partial charge on any atom is -0.437 e. The number of rotatable bonds is 5. The van der Waals surface area contributed by atoms with Crippen molar-refractivity contribution in [2.24, 2.45) is 5.10 Å². The summed E-state index contributed by atoms with van der Waals surface area (Å²) >= 11 is 0. The topological polar surface area (TPSA) is 106 Å². The fourth-order valence-electron chi connectivity index (χ4n) is 4.50. The maximum atomic E-state index is 13.2. The molecule has 0 unspecified atom stereocenters. The number of anilines is 1. The van der Waals surface area contributed by atoms with E-state index in [0.717, 1.165) is 16.7 Å². The largest absolute Gasteiger partial charge is 0.437 e. The molecule has 190 valence electrons. The van der Waals surface area contributed by atoms with Crippen LogP contribution in [0.3, 0.4) is 0 Å². The smallest absolute Gasteiger partial charge is 0.263 e. The first-order valence-corrected chi connectivity index (χ1v) is 12.5. The molecule has 8 heteroatoms. The maximum absolute atomic E-state index is 13.2. The number of hydrogen-bond donors (Lipinski definition) is 1. The molecule has 3 aromatic carbocycles. The molecule has 3 heterocycles. The van der Waals surface area contributed by atoms with Crippen LogP contribution in [0.1, 0.15) is 23.7 Å². The van der Waals surface area contributed by atoms with Crippen molar-refractivity contribution in [2.75, 3.05) is 5.43 Å². The molecule has 0 saturated heterocycles. The summed E-state index contributed by atoms with van der Waals surface area (Å²) in [4.78, 5) is 22.5. The van der Waals surface area contributed by atoms with Crippen molar-refractivity contribution in [3.8, 4) is 22.5 Å². The molecule has 6 rings (SSSR count). The van der Waals surface area contributed by atoms with Gasteiger partial charge in [0.15, 0.2) is 0 Å². The van der Waals surface area contributed by atoms with E-state index in [9.17, 15) is 4.79 Å². The Labute approximate surface area is 224 Å². The molecule has 6 aromatic rings. The Kier molecular flexibility index (Phi) is 6.13. The number of pyridine rings is 1. The molecule has 0 radical (unpaired) electrons. The Morgan fingerprint density at radius 1 is 0.795 bits per heavy atom. The van der Waals surface area contributed by atoms with Crippen molar-refractivity contribution < 1.29 is 4.42 Å². The van der Waals surface area contributed by atoms with Crippen LogP contribution in [0.25, 0.3) is 44.6 Å². The maximum Gasteiger partial charge on any atom is 0.263 e. The average Bonchev–Trinajstić information content (AvgIpc) is 2.97. The van der Waals surface area contributed by atoms with Gasteiger partial charge in [-0.1, -0.05) is 72.3 Å². The zero-order valence-corrected chi connectivity index (χ0v) is 21.6. The lowest BCUT2D eigenvalue weighted by Gasteiger charge is -2.10. The van der Waals surface area contributed by atoms with Crippen LogP contribution in [-0.4, -0.2) is 25.9 Å². The predicted octanol–water partition coefficient (Wildman–Crippen LogP) is 6.31. The number of aromatic nitrogens is 4. The van der Waals surface area contributed by atoms with E-state index in [1.807, 2.05) is 93.6 Å². The van der Waals surface area contributed by atoms with E-state index in [4.69, 9.17) is 9.40 Å². The van der Waals surface area contributed by atoms with Crippen molar-refractivity contribution in [1.82, 2.24) is 20.2 Å². The summed E-state index contributed by atoms with van der Waals surface area (Å²) in [6.07, 6.45) is 0. The quantitative estimate of drug-likeness (QED) is 0.164. The second-order valence-corrected chi connectivity index (χ2v) is 9.28. The molecule has 39 heavy (non-hydrogen) atoms. The lowest BCUT2D eigenvalue weighted by molar-refractivity contribution is 0.643. The SMILES string of the molecule is C/C(=N\Nc1nnc(-c2ccccc2)c(-c2ccccc2)n1)c1cc2c(=O)c3cc(C)ccc3oc2nc1C. The minimum absolute atomic E-state index is 0.124. The summed E-state index contributed by atoms with van der Waals surface area (Å²) in [5.74, 6) is 0.250. The summed E-state index contributed by atoms with van der Waals surface area (Å²) in [6.45, 7) is 5.63. The zero-order valence-electron chi connectivity index (χ0n) is 21.6. The summed E-state index contributed by atoms with van der Waals surface area (Å²) in [6, 6.07) is 27.0. The molecule has 0 aliphatic heterocycles. The van der Waals surface area contributed by atoms with E-state index in [1.54, 1.807) is 12.1 Å². The van der Waals surface area contributed by atoms with Gasteiger partial charge in [-0.3, -0.25) is 4.79 Å². The van der Waals surface area contributed by atoms with Crippen molar-refractivity contribution in [2.45, 2.75) is 20.8 Å². The van der Waals surface area contributed by atoms with Gasteiger partial charge in [-0.15, -0.1) is 10.2 Å².